The summed E-state index contributed by atoms with van der Waals surface area (Å²) in [5.41, 5.74) is 1.52. The smallest absolute Gasteiger partial charge is 0.166 e. The van der Waals surface area contributed by atoms with Gasteiger partial charge < -0.3 is 19.9 Å². The maximum Gasteiger partial charge on any atom is 0.166 e. The van der Waals surface area contributed by atoms with Crippen molar-refractivity contribution in [1.29, 1.82) is 0 Å². The fraction of sp³-hybridized carbons (Fsp3) is 0.400. The zero-order valence-electron chi connectivity index (χ0n) is 15.0. The number of hydrogen-bond acceptors (Lipinski definition) is 4. The van der Waals surface area contributed by atoms with E-state index in [4.69, 9.17) is 21.1 Å². The molecule has 0 aromatic heterocycles. The molecular formula is C20H26ClNO3. The van der Waals surface area contributed by atoms with Crippen LogP contribution in [0.2, 0.25) is 5.02 Å². The van der Waals surface area contributed by atoms with Crippen LogP contribution in [-0.2, 0) is 13.2 Å². The van der Waals surface area contributed by atoms with Gasteiger partial charge in [0, 0.05) is 28.2 Å². The van der Waals surface area contributed by atoms with E-state index in [1.54, 1.807) is 0 Å². The van der Waals surface area contributed by atoms with Crippen molar-refractivity contribution in [1.82, 2.24) is 5.32 Å². The highest BCUT2D eigenvalue weighted by Crippen LogP contribution is 2.33. The van der Waals surface area contributed by atoms with E-state index in [0.29, 0.717) is 36.3 Å². The predicted octanol–water partition coefficient (Wildman–Crippen LogP) is 4.18. The highest BCUT2D eigenvalue weighted by molar-refractivity contribution is 6.31. The molecule has 2 aromatic carbocycles. The Kier molecular flexibility index (Phi) is 7.12. The fourth-order valence-corrected chi connectivity index (χ4v) is 2.48. The molecule has 0 aliphatic carbocycles. The Labute approximate surface area is 154 Å². The van der Waals surface area contributed by atoms with E-state index in [2.05, 4.69) is 5.32 Å². The summed E-state index contributed by atoms with van der Waals surface area (Å²) in [6.45, 7) is 7.37. The van der Waals surface area contributed by atoms with Crippen molar-refractivity contribution in [3.05, 3.63) is 58.6 Å². The first-order valence-corrected chi connectivity index (χ1v) is 8.81. The van der Waals surface area contributed by atoms with Crippen LogP contribution in [0, 0.1) is 0 Å². The highest BCUT2D eigenvalue weighted by Gasteiger charge is 2.18. The minimum Gasteiger partial charge on any atom is -0.490 e. The molecule has 0 aliphatic heterocycles. The van der Waals surface area contributed by atoms with Crippen LogP contribution in [0.1, 0.15) is 31.9 Å². The Bertz CT molecular complexity index is 688. The van der Waals surface area contributed by atoms with Gasteiger partial charge in [-0.3, -0.25) is 0 Å². The van der Waals surface area contributed by atoms with Crippen molar-refractivity contribution in [3.63, 3.8) is 0 Å². The van der Waals surface area contributed by atoms with Crippen molar-refractivity contribution >= 4 is 11.6 Å². The SMILES string of the molecule is CCOc1cccc(CNC(C)(C)CO)c1OCc1ccccc1Cl. The van der Waals surface area contributed by atoms with Gasteiger partial charge in [-0.2, -0.15) is 0 Å². The molecular weight excluding hydrogens is 338 g/mol. The first kappa shape index (κ1) is 19.6. The molecule has 4 nitrogen and oxygen atoms in total. The average Bonchev–Trinajstić information content (AvgIpc) is 2.60. The summed E-state index contributed by atoms with van der Waals surface area (Å²) < 4.78 is 11.8. The Morgan fingerprint density at radius 2 is 1.76 bits per heavy atom. The van der Waals surface area contributed by atoms with Crippen molar-refractivity contribution < 1.29 is 14.6 Å². The van der Waals surface area contributed by atoms with Crippen molar-refractivity contribution in [3.8, 4) is 11.5 Å². The second-order valence-electron chi connectivity index (χ2n) is 6.45. The molecule has 0 saturated heterocycles. The molecule has 0 heterocycles. The van der Waals surface area contributed by atoms with Crippen molar-refractivity contribution in [2.45, 2.75) is 39.5 Å². The van der Waals surface area contributed by atoms with Crippen LogP contribution >= 0.6 is 11.6 Å². The van der Waals surface area contributed by atoms with Crippen molar-refractivity contribution in [2.75, 3.05) is 13.2 Å². The summed E-state index contributed by atoms with van der Waals surface area (Å²) >= 11 is 6.22. The quantitative estimate of drug-likeness (QED) is 0.701. The van der Waals surface area contributed by atoms with Gasteiger partial charge in [-0.25, -0.2) is 0 Å². The molecule has 0 atom stereocenters. The number of benzene rings is 2. The van der Waals surface area contributed by atoms with Crippen LogP contribution in [0.4, 0.5) is 0 Å². The molecule has 0 radical (unpaired) electrons. The number of para-hydroxylation sites is 1. The Balaban J connectivity index is 2.21. The van der Waals surface area contributed by atoms with Crippen LogP contribution in [0.5, 0.6) is 11.5 Å². The third-order valence-corrected chi connectivity index (χ3v) is 4.21. The Morgan fingerprint density at radius 1 is 1.04 bits per heavy atom. The van der Waals surface area contributed by atoms with E-state index in [0.717, 1.165) is 11.1 Å². The van der Waals surface area contributed by atoms with Gasteiger partial charge in [-0.1, -0.05) is 41.9 Å². The van der Waals surface area contributed by atoms with Crippen LogP contribution in [-0.4, -0.2) is 23.9 Å². The lowest BCUT2D eigenvalue weighted by atomic mass is 10.1. The van der Waals surface area contributed by atoms with E-state index < -0.39 is 0 Å². The topological polar surface area (TPSA) is 50.7 Å². The highest BCUT2D eigenvalue weighted by atomic mass is 35.5. The maximum absolute atomic E-state index is 9.43. The molecule has 136 valence electrons. The molecule has 0 saturated carbocycles. The predicted molar refractivity (Wildman–Crippen MR) is 101 cm³/mol. The number of aliphatic hydroxyl groups excluding tert-OH is 1. The number of nitrogens with one attached hydrogen (secondary N) is 1. The molecule has 2 aromatic rings. The molecule has 0 fully saturated rings. The maximum atomic E-state index is 9.43. The average molecular weight is 364 g/mol. The zero-order chi connectivity index (χ0) is 18.3. The van der Waals surface area contributed by atoms with E-state index in [1.165, 1.54) is 0 Å². The van der Waals surface area contributed by atoms with E-state index in [-0.39, 0.29) is 12.1 Å². The van der Waals surface area contributed by atoms with Gasteiger partial charge in [0.15, 0.2) is 11.5 Å². The van der Waals surface area contributed by atoms with E-state index >= 15 is 0 Å². The Hall–Kier alpha value is -1.75. The molecule has 0 bridgehead atoms. The number of aliphatic hydroxyl groups is 1. The summed E-state index contributed by atoms with van der Waals surface area (Å²) in [6, 6.07) is 13.4. The van der Waals surface area contributed by atoms with E-state index in [1.807, 2.05) is 63.2 Å². The van der Waals surface area contributed by atoms with Gasteiger partial charge in [0.2, 0.25) is 0 Å². The van der Waals surface area contributed by atoms with Crippen LogP contribution < -0.4 is 14.8 Å². The monoisotopic (exact) mass is 363 g/mol. The standard InChI is InChI=1S/C20H26ClNO3/c1-4-24-18-11-7-9-15(12-22-20(2,3)14-23)19(18)25-13-16-8-5-6-10-17(16)21/h5-11,22-23H,4,12-14H2,1-3H3. The summed E-state index contributed by atoms with van der Waals surface area (Å²) in [5, 5.41) is 13.4. The second kappa shape index (κ2) is 9.09. The normalized spacial score (nSPS) is 11.4. The number of ether oxygens (including phenoxy) is 2. The minimum atomic E-state index is -0.373. The van der Waals surface area contributed by atoms with Crippen LogP contribution in [0.3, 0.4) is 0 Å². The Morgan fingerprint density at radius 3 is 2.44 bits per heavy atom. The third kappa shape index (κ3) is 5.63. The second-order valence-corrected chi connectivity index (χ2v) is 6.86. The zero-order valence-corrected chi connectivity index (χ0v) is 15.8. The molecule has 2 rings (SSSR count). The molecule has 0 unspecified atom stereocenters. The van der Waals surface area contributed by atoms with Crippen LogP contribution in [0.15, 0.2) is 42.5 Å². The third-order valence-electron chi connectivity index (χ3n) is 3.84. The van der Waals surface area contributed by atoms with Gasteiger partial charge >= 0.3 is 0 Å². The first-order valence-electron chi connectivity index (χ1n) is 8.43. The van der Waals surface area contributed by atoms with E-state index in [9.17, 15) is 5.11 Å². The molecule has 25 heavy (non-hydrogen) atoms. The number of halogens is 1. The fourth-order valence-electron chi connectivity index (χ4n) is 2.29. The van der Waals surface area contributed by atoms with Gasteiger partial charge in [0.25, 0.3) is 0 Å². The summed E-state index contributed by atoms with van der Waals surface area (Å²) in [4.78, 5) is 0. The molecule has 0 amide bonds. The van der Waals surface area contributed by atoms with Crippen molar-refractivity contribution in [2.24, 2.45) is 0 Å². The summed E-state index contributed by atoms with van der Waals surface area (Å²) in [5.74, 6) is 1.40. The summed E-state index contributed by atoms with van der Waals surface area (Å²) in [7, 11) is 0. The largest absolute Gasteiger partial charge is 0.490 e. The number of hydrogen-bond donors (Lipinski definition) is 2. The van der Waals surface area contributed by atoms with Crippen LogP contribution in [0.25, 0.3) is 0 Å². The first-order chi connectivity index (χ1) is 12.0. The summed E-state index contributed by atoms with van der Waals surface area (Å²) in [6.07, 6.45) is 0. The lowest BCUT2D eigenvalue weighted by Crippen LogP contribution is -2.42. The minimum absolute atomic E-state index is 0.0496. The van der Waals surface area contributed by atoms with Gasteiger partial charge in [0.05, 0.1) is 13.2 Å². The van der Waals surface area contributed by atoms with Gasteiger partial charge in [-0.05, 0) is 32.9 Å². The molecule has 2 N–H and O–H groups in total. The molecule has 5 heteroatoms. The lowest BCUT2D eigenvalue weighted by molar-refractivity contribution is 0.186. The van der Waals surface area contributed by atoms with Gasteiger partial charge in [0.1, 0.15) is 6.61 Å². The lowest BCUT2D eigenvalue weighted by Gasteiger charge is -2.25. The van der Waals surface area contributed by atoms with Gasteiger partial charge in [-0.15, -0.1) is 0 Å². The number of rotatable bonds is 9. The molecule has 0 aliphatic rings. The molecule has 0 spiro atoms.